The van der Waals surface area contributed by atoms with Crippen LogP contribution in [-0.2, 0) is 0 Å². The second kappa shape index (κ2) is 15.8. The normalized spacial score (nSPS) is 12.2. The summed E-state index contributed by atoms with van der Waals surface area (Å²) in [6, 6.07) is 87.6. The van der Waals surface area contributed by atoms with Gasteiger partial charge in [-0.15, -0.1) is 0 Å². The number of aromatic nitrogens is 6. The fourth-order valence-electron chi connectivity index (χ4n) is 11.8. The number of benzene rings is 10. The molecular weight excluding hydrogens is 897 g/mol. The maximum Gasteiger partial charge on any atom is 0.179 e. The van der Waals surface area contributed by atoms with E-state index in [-0.39, 0.29) is 0 Å². The van der Waals surface area contributed by atoms with Gasteiger partial charge in [0.2, 0.25) is 0 Å². The minimum Gasteiger partial charge on any atom is -0.454 e. The maximum absolute atomic E-state index is 7.07. The van der Waals surface area contributed by atoms with Crippen molar-refractivity contribution < 1.29 is 4.42 Å². The van der Waals surface area contributed by atoms with E-state index >= 15 is 0 Å². The van der Waals surface area contributed by atoms with Gasteiger partial charge in [-0.2, -0.15) is 0 Å². The highest BCUT2D eigenvalue weighted by molar-refractivity contribution is 7.20. The first kappa shape index (κ1) is 40.4. The Morgan fingerprint density at radius 2 is 0.917 bits per heavy atom. The number of furan rings is 1. The van der Waals surface area contributed by atoms with Crippen LogP contribution in [0.25, 0.3) is 99.6 Å². The van der Waals surface area contributed by atoms with Crippen LogP contribution in [0.5, 0.6) is 0 Å². The zero-order chi connectivity index (χ0) is 47.3. The van der Waals surface area contributed by atoms with E-state index < -0.39 is 8.07 Å². The molecule has 7 nitrogen and oxygen atoms in total. The zero-order valence-corrected chi connectivity index (χ0v) is 39.8. The lowest BCUT2D eigenvalue weighted by Gasteiger charge is -2.34. The summed E-state index contributed by atoms with van der Waals surface area (Å²) in [6.45, 7) is 0. The van der Waals surface area contributed by atoms with Crippen LogP contribution in [-0.4, -0.2) is 36.3 Å². The number of fused-ring (bicyclic) bond motifs is 10. The molecule has 338 valence electrons. The van der Waals surface area contributed by atoms with Crippen molar-refractivity contribution >= 4 is 106 Å². The van der Waals surface area contributed by atoms with Crippen LogP contribution >= 0.6 is 0 Å². The van der Waals surface area contributed by atoms with Crippen LogP contribution in [0.1, 0.15) is 0 Å². The van der Waals surface area contributed by atoms with Crippen LogP contribution < -0.4 is 20.7 Å². The predicted molar refractivity (Wildman–Crippen MR) is 298 cm³/mol. The quantitative estimate of drug-likeness (QED) is 0.113. The van der Waals surface area contributed by atoms with Gasteiger partial charge in [0.15, 0.2) is 13.7 Å². The van der Waals surface area contributed by atoms with Gasteiger partial charge in [0.1, 0.15) is 23.9 Å². The topological polar surface area (TPSA) is 58.6 Å². The van der Waals surface area contributed by atoms with Gasteiger partial charge in [-0.3, -0.25) is 18.3 Å². The van der Waals surface area contributed by atoms with E-state index in [0.717, 1.165) is 88.8 Å². The van der Waals surface area contributed by atoms with Gasteiger partial charge >= 0.3 is 0 Å². The second-order valence-corrected chi connectivity index (χ2v) is 22.4. The molecule has 0 amide bonds. The first-order valence-corrected chi connectivity index (χ1v) is 26.4. The van der Waals surface area contributed by atoms with Crippen LogP contribution in [0.4, 0.5) is 0 Å². The van der Waals surface area contributed by atoms with Crippen molar-refractivity contribution in [3.05, 3.63) is 255 Å². The van der Waals surface area contributed by atoms with Gasteiger partial charge < -0.3 is 4.42 Å². The lowest BCUT2D eigenvalue weighted by Crippen LogP contribution is -2.74. The number of hydrogen-bond acceptors (Lipinski definition) is 3. The third-order valence-electron chi connectivity index (χ3n) is 14.9. The summed E-state index contributed by atoms with van der Waals surface area (Å²) in [6.07, 6.45) is 3.88. The van der Waals surface area contributed by atoms with Crippen molar-refractivity contribution in [3.63, 3.8) is 0 Å². The van der Waals surface area contributed by atoms with E-state index in [1.54, 1.807) is 0 Å². The van der Waals surface area contributed by atoms with Gasteiger partial charge in [-0.25, -0.2) is 9.97 Å². The maximum atomic E-state index is 7.07. The molecule has 0 atom stereocenters. The Labute approximate surface area is 414 Å². The minimum atomic E-state index is -2.76. The third-order valence-corrected chi connectivity index (χ3v) is 19.7. The Morgan fingerprint density at radius 3 is 1.67 bits per heavy atom. The average molecular weight is 939 g/mol. The highest BCUT2D eigenvalue weighted by atomic mass is 28.3. The Hall–Kier alpha value is -9.50. The molecule has 0 radical (unpaired) electrons. The van der Waals surface area contributed by atoms with E-state index in [1.807, 2.05) is 18.7 Å². The molecule has 5 aromatic heterocycles. The molecule has 0 saturated heterocycles. The zero-order valence-electron chi connectivity index (χ0n) is 38.8. The Balaban J connectivity index is 0.944. The van der Waals surface area contributed by atoms with Crippen molar-refractivity contribution in [1.29, 1.82) is 0 Å². The Kier molecular flexibility index (Phi) is 8.84. The van der Waals surface area contributed by atoms with Gasteiger partial charge in [0.05, 0.1) is 49.9 Å². The van der Waals surface area contributed by atoms with E-state index in [2.05, 4.69) is 255 Å². The summed E-state index contributed by atoms with van der Waals surface area (Å²) >= 11 is 0. The monoisotopic (exact) mass is 938 g/mol. The summed E-state index contributed by atoms with van der Waals surface area (Å²) in [7, 11) is -2.76. The summed E-state index contributed by atoms with van der Waals surface area (Å²) in [5, 5.41) is 10.9. The molecule has 10 aromatic carbocycles. The minimum absolute atomic E-state index is 0.804. The van der Waals surface area contributed by atoms with Crippen molar-refractivity contribution in [1.82, 2.24) is 28.2 Å². The number of rotatable bonds is 8. The third kappa shape index (κ3) is 5.78. The van der Waals surface area contributed by atoms with E-state index in [1.165, 1.54) is 31.5 Å². The van der Waals surface area contributed by atoms with Crippen LogP contribution in [0.3, 0.4) is 0 Å². The second-order valence-electron chi connectivity index (χ2n) is 18.6. The first-order valence-electron chi connectivity index (χ1n) is 24.4. The summed E-state index contributed by atoms with van der Waals surface area (Å²) in [4.78, 5) is 9.92. The van der Waals surface area contributed by atoms with Crippen molar-refractivity contribution in [2.24, 2.45) is 0 Å². The molecule has 0 aliphatic carbocycles. The molecule has 15 rings (SSSR count). The molecule has 0 aliphatic rings. The molecule has 0 spiro atoms. The number of imidazole rings is 2. The summed E-state index contributed by atoms with van der Waals surface area (Å²) < 4.78 is 16.3. The standard InChI is InChI=1S/C64H42N6OSi/c1-5-19-43(20-6-1)69-55-37-35-44(67-41-65-52-29-14-16-31-56(52)67)39-51(55)61-49-27-13-15-30-54(49)70(64(61)69)58-32-18-34-60-62(58)50-28-17-33-59(63(50)71-60)68-42-66-53-40-48(36-38-57(53)68)72(45-21-7-2-8-22-45,46-23-9-3-10-24-46)47-25-11-4-12-26-47/h1-42H. The molecule has 72 heavy (non-hydrogen) atoms. The van der Waals surface area contributed by atoms with Crippen molar-refractivity contribution in [2.45, 2.75) is 0 Å². The number of hydrogen-bond donors (Lipinski definition) is 0. The first-order chi connectivity index (χ1) is 35.7. The molecule has 5 heterocycles. The van der Waals surface area contributed by atoms with Crippen LogP contribution in [0.15, 0.2) is 260 Å². The Morgan fingerprint density at radius 1 is 0.347 bits per heavy atom. The molecule has 15 aromatic rings. The van der Waals surface area contributed by atoms with Gasteiger partial charge in [0.25, 0.3) is 0 Å². The fraction of sp³-hybridized carbons (Fsp3) is 0. The average Bonchev–Trinajstić information content (AvgIpc) is 4.29. The molecule has 0 N–H and O–H groups in total. The highest BCUT2D eigenvalue weighted by Crippen LogP contribution is 2.45. The highest BCUT2D eigenvalue weighted by Gasteiger charge is 2.41. The van der Waals surface area contributed by atoms with Gasteiger partial charge in [-0.1, -0.05) is 164 Å². The summed E-state index contributed by atoms with van der Waals surface area (Å²) in [5.41, 5.74) is 13.0. The van der Waals surface area contributed by atoms with Crippen molar-refractivity contribution in [3.8, 4) is 22.7 Å². The lowest BCUT2D eigenvalue weighted by atomic mass is 10.1. The fourth-order valence-corrected chi connectivity index (χ4v) is 16.6. The number of para-hydroxylation sites is 5. The van der Waals surface area contributed by atoms with Gasteiger partial charge in [0, 0.05) is 32.9 Å². The van der Waals surface area contributed by atoms with E-state index in [9.17, 15) is 0 Å². The van der Waals surface area contributed by atoms with E-state index in [0.29, 0.717) is 0 Å². The molecule has 8 heteroatoms. The molecule has 0 aliphatic heterocycles. The number of nitrogens with zero attached hydrogens (tertiary/aromatic N) is 6. The lowest BCUT2D eigenvalue weighted by molar-refractivity contribution is 0.665. The largest absolute Gasteiger partial charge is 0.454 e. The Bertz CT molecular complexity index is 4470. The van der Waals surface area contributed by atoms with Crippen LogP contribution in [0, 0.1) is 0 Å². The van der Waals surface area contributed by atoms with E-state index in [4.69, 9.17) is 14.4 Å². The van der Waals surface area contributed by atoms with Crippen molar-refractivity contribution in [2.75, 3.05) is 0 Å². The molecule has 0 unspecified atom stereocenters. The molecule has 0 bridgehead atoms. The van der Waals surface area contributed by atoms with Gasteiger partial charge in [-0.05, 0) is 99.6 Å². The van der Waals surface area contributed by atoms with Crippen LogP contribution in [0.2, 0.25) is 0 Å². The smallest absolute Gasteiger partial charge is 0.179 e. The predicted octanol–water partition coefficient (Wildman–Crippen LogP) is 12.7. The molecule has 0 saturated carbocycles. The molecular formula is C64H42N6OSi. The SMILES string of the molecule is c1ccc(-n2c3ccc(-n4cnc5ccccc54)cc3c3c4ccccc4n(-c4cccc5oc6c(-n7cnc8cc([Si](c9ccccc9)(c9ccccc9)c9ccccc9)ccc87)cccc6c45)c32)cc1. The summed E-state index contributed by atoms with van der Waals surface area (Å²) in [5.74, 6) is 0. The molecule has 0 fully saturated rings.